The van der Waals surface area contributed by atoms with Crippen LogP contribution in [-0.2, 0) is 6.54 Å². The Bertz CT molecular complexity index is 439. The summed E-state index contributed by atoms with van der Waals surface area (Å²) in [4.78, 5) is 0. The molecule has 0 saturated heterocycles. The van der Waals surface area contributed by atoms with Crippen LogP contribution in [0.1, 0.15) is 5.56 Å². The van der Waals surface area contributed by atoms with Crippen LogP contribution in [0.2, 0.25) is 5.02 Å². The average Bonchev–Trinajstić information content (AvgIpc) is 2.51. The maximum atomic E-state index is 12.8. The highest BCUT2D eigenvalue weighted by molar-refractivity contribution is 6.30. The van der Waals surface area contributed by atoms with Crippen LogP contribution in [-0.4, -0.2) is 9.78 Å². The fourth-order valence-corrected chi connectivity index (χ4v) is 1.40. The van der Waals surface area contributed by atoms with Crippen molar-refractivity contribution < 1.29 is 4.39 Å². The minimum absolute atomic E-state index is 0.235. The van der Waals surface area contributed by atoms with Gasteiger partial charge in [-0.2, -0.15) is 5.10 Å². The Balaban J connectivity index is 2.18. The molecular formula is C10H8ClFN2. The summed E-state index contributed by atoms with van der Waals surface area (Å²) in [6, 6.07) is 6.42. The fourth-order valence-electron chi connectivity index (χ4n) is 1.25. The molecule has 0 atom stereocenters. The lowest BCUT2D eigenvalue weighted by molar-refractivity contribution is 0.619. The maximum Gasteiger partial charge on any atom is 0.123 e. The quantitative estimate of drug-likeness (QED) is 0.745. The summed E-state index contributed by atoms with van der Waals surface area (Å²) in [5.41, 5.74) is 0.866. The molecule has 1 aromatic carbocycles. The standard InChI is InChI=1S/C10H8ClFN2/c11-9-5-13-14(7-9)6-8-2-1-3-10(12)4-8/h1-5,7H,6H2. The van der Waals surface area contributed by atoms with Crippen molar-refractivity contribution in [2.75, 3.05) is 0 Å². The third-order valence-corrected chi connectivity index (χ3v) is 2.03. The van der Waals surface area contributed by atoms with Crippen molar-refractivity contribution in [2.24, 2.45) is 0 Å². The molecule has 0 fully saturated rings. The summed E-state index contributed by atoms with van der Waals surface area (Å²) in [5.74, 6) is -0.235. The third kappa shape index (κ3) is 2.12. The van der Waals surface area contributed by atoms with Gasteiger partial charge in [0.2, 0.25) is 0 Å². The van der Waals surface area contributed by atoms with E-state index in [-0.39, 0.29) is 5.82 Å². The molecule has 0 radical (unpaired) electrons. The van der Waals surface area contributed by atoms with Crippen LogP contribution in [0.25, 0.3) is 0 Å². The second-order valence-corrected chi connectivity index (χ2v) is 3.42. The Labute approximate surface area is 85.9 Å². The summed E-state index contributed by atoms with van der Waals surface area (Å²) in [6.45, 7) is 0.532. The summed E-state index contributed by atoms with van der Waals surface area (Å²) >= 11 is 5.70. The number of halogens is 2. The number of hydrogen-bond acceptors (Lipinski definition) is 1. The molecular weight excluding hydrogens is 203 g/mol. The van der Waals surface area contributed by atoms with E-state index in [1.165, 1.54) is 12.1 Å². The van der Waals surface area contributed by atoms with Gasteiger partial charge in [0, 0.05) is 6.20 Å². The highest BCUT2D eigenvalue weighted by atomic mass is 35.5. The summed E-state index contributed by atoms with van der Waals surface area (Å²) in [5, 5.41) is 4.59. The lowest BCUT2D eigenvalue weighted by Gasteiger charge is -2.00. The Morgan fingerprint density at radius 3 is 2.93 bits per heavy atom. The highest BCUT2D eigenvalue weighted by Crippen LogP contribution is 2.08. The molecule has 0 bridgehead atoms. The van der Waals surface area contributed by atoms with E-state index in [0.717, 1.165) is 5.56 Å². The smallest absolute Gasteiger partial charge is 0.123 e. The first-order valence-corrected chi connectivity index (χ1v) is 4.54. The molecule has 1 heterocycles. The zero-order chi connectivity index (χ0) is 9.97. The maximum absolute atomic E-state index is 12.8. The fraction of sp³-hybridized carbons (Fsp3) is 0.100. The Hall–Kier alpha value is -1.35. The predicted molar refractivity (Wildman–Crippen MR) is 52.7 cm³/mol. The number of hydrogen-bond donors (Lipinski definition) is 0. The first-order chi connectivity index (χ1) is 6.74. The van der Waals surface area contributed by atoms with Crippen LogP contribution in [0, 0.1) is 5.82 Å². The van der Waals surface area contributed by atoms with E-state index in [1.54, 1.807) is 23.1 Å². The molecule has 0 aliphatic heterocycles. The highest BCUT2D eigenvalue weighted by Gasteiger charge is 1.98. The third-order valence-electron chi connectivity index (χ3n) is 1.84. The van der Waals surface area contributed by atoms with Crippen LogP contribution < -0.4 is 0 Å². The molecule has 2 aromatic rings. The van der Waals surface area contributed by atoms with E-state index in [9.17, 15) is 4.39 Å². The van der Waals surface area contributed by atoms with E-state index in [0.29, 0.717) is 11.6 Å². The molecule has 4 heteroatoms. The summed E-state index contributed by atoms with van der Waals surface area (Å²) < 4.78 is 14.5. The number of nitrogens with zero attached hydrogens (tertiary/aromatic N) is 2. The predicted octanol–water partition coefficient (Wildman–Crippen LogP) is 2.72. The molecule has 14 heavy (non-hydrogen) atoms. The van der Waals surface area contributed by atoms with E-state index < -0.39 is 0 Å². The van der Waals surface area contributed by atoms with Crippen molar-refractivity contribution in [1.29, 1.82) is 0 Å². The van der Waals surface area contributed by atoms with Gasteiger partial charge in [0.05, 0.1) is 17.8 Å². The molecule has 0 aliphatic rings. The van der Waals surface area contributed by atoms with Gasteiger partial charge in [-0.15, -0.1) is 0 Å². The first kappa shape index (κ1) is 9.21. The van der Waals surface area contributed by atoms with Gasteiger partial charge in [-0.3, -0.25) is 4.68 Å². The second-order valence-electron chi connectivity index (χ2n) is 2.99. The minimum Gasteiger partial charge on any atom is -0.267 e. The van der Waals surface area contributed by atoms with Crippen molar-refractivity contribution in [3.8, 4) is 0 Å². The van der Waals surface area contributed by atoms with Gasteiger partial charge in [-0.25, -0.2) is 4.39 Å². The Kier molecular flexibility index (Phi) is 2.50. The number of rotatable bonds is 2. The lowest BCUT2D eigenvalue weighted by atomic mass is 10.2. The molecule has 2 nitrogen and oxygen atoms in total. The van der Waals surface area contributed by atoms with Gasteiger partial charge in [-0.05, 0) is 17.7 Å². The molecule has 2 rings (SSSR count). The van der Waals surface area contributed by atoms with Crippen LogP contribution in [0.3, 0.4) is 0 Å². The molecule has 0 spiro atoms. The van der Waals surface area contributed by atoms with Crippen molar-refractivity contribution in [1.82, 2.24) is 9.78 Å². The van der Waals surface area contributed by atoms with Crippen LogP contribution in [0.4, 0.5) is 4.39 Å². The van der Waals surface area contributed by atoms with E-state index in [1.807, 2.05) is 6.07 Å². The van der Waals surface area contributed by atoms with Gasteiger partial charge in [-0.1, -0.05) is 23.7 Å². The van der Waals surface area contributed by atoms with Gasteiger partial charge in [0.1, 0.15) is 5.82 Å². The van der Waals surface area contributed by atoms with E-state index in [2.05, 4.69) is 5.10 Å². The Morgan fingerprint density at radius 2 is 2.29 bits per heavy atom. The van der Waals surface area contributed by atoms with Crippen molar-refractivity contribution in [3.05, 3.63) is 53.1 Å². The Morgan fingerprint density at radius 1 is 1.43 bits per heavy atom. The summed E-state index contributed by atoms with van der Waals surface area (Å²) in [7, 11) is 0. The zero-order valence-corrected chi connectivity index (χ0v) is 8.08. The first-order valence-electron chi connectivity index (χ1n) is 4.16. The average molecular weight is 211 g/mol. The van der Waals surface area contributed by atoms with Gasteiger partial charge in [0.25, 0.3) is 0 Å². The van der Waals surface area contributed by atoms with Crippen molar-refractivity contribution in [3.63, 3.8) is 0 Å². The monoisotopic (exact) mass is 210 g/mol. The molecule has 0 aliphatic carbocycles. The molecule has 0 amide bonds. The molecule has 0 N–H and O–H groups in total. The van der Waals surface area contributed by atoms with Crippen LogP contribution >= 0.6 is 11.6 Å². The van der Waals surface area contributed by atoms with Gasteiger partial charge in [0.15, 0.2) is 0 Å². The van der Waals surface area contributed by atoms with Gasteiger partial charge < -0.3 is 0 Å². The molecule has 0 unspecified atom stereocenters. The normalized spacial score (nSPS) is 10.4. The van der Waals surface area contributed by atoms with E-state index in [4.69, 9.17) is 11.6 Å². The van der Waals surface area contributed by atoms with Crippen LogP contribution in [0.15, 0.2) is 36.7 Å². The second kappa shape index (κ2) is 3.80. The summed E-state index contributed by atoms with van der Waals surface area (Å²) in [6.07, 6.45) is 3.26. The SMILES string of the molecule is Fc1cccc(Cn2cc(Cl)cn2)c1. The van der Waals surface area contributed by atoms with Crippen molar-refractivity contribution in [2.45, 2.75) is 6.54 Å². The van der Waals surface area contributed by atoms with Crippen molar-refractivity contribution >= 4 is 11.6 Å². The van der Waals surface area contributed by atoms with E-state index >= 15 is 0 Å². The van der Waals surface area contributed by atoms with Crippen LogP contribution in [0.5, 0.6) is 0 Å². The number of benzene rings is 1. The minimum atomic E-state index is -0.235. The number of aromatic nitrogens is 2. The zero-order valence-electron chi connectivity index (χ0n) is 7.32. The molecule has 72 valence electrons. The topological polar surface area (TPSA) is 17.8 Å². The lowest BCUT2D eigenvalue weighted by Crippen LogP contribution is -1.99. The molecule has 0 saturated carbocycles. The van der Waals surface area contributed by atoms with Gasteiger partial charge >= 0.3 is 0 Å². The largest absolute Gasteiger partial charge is 0.267 e. The molecule has 1 aromatic heterocycles.